The van der Waals surface area contributed by atoms with E-state index in [9.17, 15) is 22.8 Å². The van der Waals surface area contributed by atoms with E-state index in [0.29, 0.717) is 44.2 Å². The summed E-state index contributed by atoms with van der Waals surface area (Å²) in [6.07, 6.45) is 0.327. The number of pyridine rings is 2. The highest BCUT2D eigenvalue weighted by atomic mass is 19.4. The summed E-state index contributed by atoms with van der Waals surface area (Å²) in [7, 11) is 0. The molecule has 11 nitrogen and oxygen atoms in total. The summed E-state index contributed by atoms with van der Waals surface area (Å²) < 4.78 is 55.8. The number of carbonyl (C=O) groups is 2. The standard InChI is InChI=1S/C26H31F3N6O5/c1-16(26(27,28)29)31-24(36)19-5-6-20-23(32-19)35(17-8-10-34(20)15-17)25(37)33-21-14-18(7-9-30-21)38-12-13-40-22-4-2-3-11-39-22/h5-7,9,14,16-17,22H,2-4,8,10-13,15H2,1H3,(H,31,36)(H,30,33,37)/t16?,17-,22?/m0/s1. The fourth-order valence-electron chi connectivity index (χ4n) is 4.87. The monoisotopic (exact) mass is 564 g/mol. The number of halogens is 3. The van der Waals surface area contributed by atoms with Crippen molar-refractivity contribution in [2.75, 3.05) is 48.0 Å². The molecule has 0 spiro atoms. The second-order valence-corrected chi connectivity index (χ2v) is 9.86. The van der Waals surface area contributed by atoms with E-state index < -0.39 is 24.2 Å². The SMILES string of the molecule is CC(NC(=O)c1ccc2c(n1)N(C(=O)Nc1cc(OCCOC3CCCCO3)ccn1)[C@H]1CCN2C1)C(F)(F)F. The first-order valence-electron chi connectivity index (χ1n) is 13.2. The number of fused-ring (bicyclic) bond motifs is 4. The van der Waals surface area contributed by atoms with Gasteiger partial charge >= 0.3 is 12.2 Å². The zero-order valence-electron chi connectivity index (χ0n) is 21.9. The molecule has 0 radical (unpaired) electrons. The Bertz CT molecular complexity index is 1230. The maximum absolute atomic E-state index is 13.4. The lowest BCUT2D eigenvalue weighted by Crippen LogP contribution is -2.49. The molecule has 0 aliphatic carbocycles. The van der Waals surface area contributed by atoms with Crippen LogP contribution in [0.4, 0.5) is 35.3 Å². The first kappa shape index (κ1) is 27.9. The zero-order chi connectivity index (χ0) is 28.3. The Labute approximate surface area is 229 Å². The van der Waals surface area contributed by atoms with Gasteiger partial charge in [-0.25, -0.2) is 14.8 Å². The van der Waals surface area contributed by atoms with Gasteiger partial charge in [0, 0.05) is 32.0 Å². The number of urea groups is 1. The third-order valence-electron chi connectivity index (χ3n) is 7.00. The lowest BCUT2D eigenvalue weighted by molar-refractivity contribution is -0.165. The summed E-state index contributed by atoms with van der Waals surface area (Å²) in [5.41, 5.74) is 0.404. The molecule has 40 heavy (non-hydrogen) atoms. The van der Waals surface area contributed by atoms with Gasteiger partial charge in [0.05, 0.1) is 18.3 Å². The van der Waals surface area contributed by atoms with Crippen molar-refractivity contribution in [1.29, 1.82) is 0 Å². The molecule has 2 aromatic rings. The third-order valence-corrected chi connectivity index (χ3v) is 7.00. The minimum atomic E-state index is -4.59. The fourth-order valence-corrected chi connectivity index (χ4v) is 4.87. The van der Waals surface area contributed by atoms with Gasteiger partial charge in [0.15, 0.2) is 12.1 Å². The van der Waals surface area contributed by atoms with E-state index >= 15 is 0 Å². The third kappa shape index (κ3) is 6.39. The molecule has 0 aromatic carbocycles. The van der Waals surface area contributed by atoms with Crippen molar-refractivity contribution in [2.24, 2.45) is 0 Å². The molecule has 5 heterocycles. The number of amides is 3. The number of hydrogen-bond donors (Lipinski definition) is 2. The largest absolute Gasteiger partial charge is 0.491 e. The fraction of sp³-hybridized carbons (Fsp3) is 0.538. The Morgan fingerprint density at radius 1 is 1.20 bits per heavy atom. The van der Waals surface area contributed by atoms with Crippen LogP contribution in [0.25, 0.3) is 0 Å². The first-order chi connectivity index (χ1) is 19.2. The molecule has 2 unspecified atom stereocenters. The van der Waals surface area contributed by atoms with Crippen molar-refractivity contribution >= 4 is 29.3 Å². The summed E-state index contributed by atoms with van der Waals surface area (Å²) in [5.74, 6) is -0.0474. The second kappa shape index (κ2) is 11.8. The van der Waals surface area contributed by atoms with Crippen molar-refractivity contribution in [1.82, 2.24) is 15.3 Å². The summed E-state index contributed by atoms with van der Waals surface area (Å²) in [4.78, 5) is 38.0. The van der Waals surface area contributed by atoms with Crippen molar-refractivity contribution in [2.45, 2.75) is 57.2 Å². The van der Waals surface area contributed by atoms with Gasteiger partial charge in [-0.05, 0) is 50.8 Å². The first-order valence-corrected chi connectivity index (χ1v) is 13.2. The van der Waals surface area contributed by atoms with E-state index in [1.165, 1.54) is 17.2 Å². The van der Waals surface area contributed by atoms with Crippen LogP contribution in [0.15, 0.2) is 30.5 Å². The Morgan fingerprint density at radius 2 is 2.05 bits per heavy atom. The second-order valence-electron chi connectivity index (χ2n) is 9.86. The number of rotatable bonds is 8. The summed E-state index contributed by atoms with van der Waals surface area (Å²) >= 11 is 0. The van der Waals surface area contributed by atoms with E-state index in [1.807, 2.05) is 10.2 Å². The van der Waals surface area contributed by atoms with Crippen LogP contribution < -0.4 is 25.2 Å². The molecule has 5 rings (SSSR count). The zero-order valence-corrected chi connectivity index (χ0v) is 21.9. The average molecular weight is 565 g/mol. The molecule has 3 atom stereocenters. The van der Waals surface area contributed by atoms with E-state index in [1.54, 1.807) is 18.2 Å². The van der Waals surface area contributed by atoms with Gasteiger partial charge in [-0.15, -0.1) is 0 Å². The van der Waals surface area contributed by atoms with Gasteiger partial charge in [0.2, 0.25) is 0 Å². The highest BCUT2D eigenvalue weighted by Crippen LogP contribution is 2.39. The Hall–Kier alpha value is -3.65. The number of nitrogens with one attached hydrogen (secondary N) is 2. The molecule has 3 aliphatic rings. The molecule has 2 bridgehead atoms. The van der Waals surface area contributed by atoms with Crippen molar-refractivity contribution < 1.29 is 37.0 Å². The van der Waals surface area contributed by atoms with Gasteiger partial charge in [-0.3, -0.25) is 15.0 Å². The Kier molecular flexibility index (Phi) is 8.26. The van der Waals surface area contributed by atoms with Gasteiger partial charge in [-0.1, -0.05) is 0 Å². The Balaban J connectivity index is 1.25. The predicted molar refractivity (Wildman–Crippen MR) is 139 cm³/mol. The van der Waals surface area contributed by atoms with Crippen LogP contribution in [0.3, 0.4) is 0 Å². The molecular formula is C26H31F3N6O5. The van der Waals surface area contributed by atoms with Gasteiger partial charge in [-0.2, -0.15) is 13.2 Å². The number of ether oxygens (including phenoxy) is 3. The molecule has 2 N–H and O–H groups in total. The predicted octanol–water partition coefficient (Wildman–Crippen LogP) is 3.71. The van der Waals surface area contributed by atoms with Gasteiger partial charge in [0.25, 0.3) is 5.91 Å². The Morgan fingerprint density at radius 3 is 2.83 bits per heavy atom. The molecule has 3 aliphatic heterocycles. The molecule has 14 heteroatoms. The minimum absolute atomic E-state index is 0.202. The van der Waals surface area contributed by atoms with Crippen molar-refractivity contribution in [3.8, 4) is 5.75 Å². The van der Waals surface area contributed by atoms with Crippen LogP contribution in [0.2, 0.25) is 0 Å². The van der Waals surface area contributed by atoms with E-state index in [4.69, 9.17) is 14.2 Å². The highest BCUT2D eigenvalue weighted by Gasteiger charge is 2.41. The van der Waals surface area contributed by atoms with Crippen molar-refractivity contribution in [3.05, 3.63) is 36.2 Å². The number of alkyl halides is 3. The number of aromatic nitrogens is 2. The van der Waals surface area contributed by atoms with Crippen LogP contribution in [-0.4, -0.2) is 79.4 Å². The molecule has 0 saturated carbocycles. The van der Waals surface area contributed by atoms with Crippen LogP contribution >= 0.6 is 0 Å². The number of carbonyl (C=O) groups excluding carboxylic acids is 2. The smallest absolute Gasteiger partial charge is 0.408 e. The van der Waals surface area contributed by atoms with Crippen molar-refractivity contribution in [3.63, 3.8) is 0 Å². The van der Waals surface area contributed by atoms with E-state index in [-0.39, 0.29) is 36.3 Å². The minimum Gasteiger partial charge on any atom is -0.491 e. The molecule has 2 saturated heterocycles. The van der Waals surface area contributed by atoms with Gasteiger partial charge in [0.1, 0.15) is 29.9 Å². The highest BCUT2D eigenvalue weighted by molar-refractivity contribution is 6.05. The van der Waals surface area contributed by atoms with E-state index in [0.717, 1.165) is 26.2 Å². The number of hydrogen-bond acceptors (Lipinski definition) is 8. The maximum Gasteiger partial charge on any atom is 0.408 e. The van der Waals surface area contributed by atoms with Crippen LogP contribution in [-0.2, 0) is 9.47 Å². The van der Waals surface area contributed by atoms with Crippen LogP contribution in [0.5, 0.6) is 5.75 Å². The topological polar surface area (TPSA) is 118 Å². The molecular weight excluding hydrogens is 533 g/mol. The summed E-state index contributed by atoms with van der Waals surface area (Å²) in [5, 5.41) is 4.67. The molecule has 3 amide bonds. The summed E-state index contributed by atoms with van der Waals surface area (Å²) in [6, 6.07) is 3.39. The molecule has 216 valence electrons. The normalized spacial score (nSPS) is 21.0. The number of anilines is 3. The lowest BCUT2D eigenvalue weighted by Gasteiger charge is -2.35. The molecule has 2 fully saturated rings. The lowest BCUT2D eigenvalue weighted by atomic mass is 10.1. The van der Waals surface area contributed by atoms with Crippen LogP contribution in [0, 0.1) is 0 Å². The summed E-state index contributed by atoms with van der Waals surface area (Å²) in [6.45, 7) is 3.43. The average Bonchev–Trinajstić information content (AvgIpc) is 3.35. The van der Waals surface area contributed by atoms with E-state index in [2.05, 4.69) is 15.3 Å². The number of nitrogens with zero attached hydrogens (tertiary/aromatic N) is 4. The molecule has 2 aromatic heterocycles. The quantitative estimate of drug-likeness (QED) is 0.466. The van der Waals surface area contributed by atoms with Gasteiger partial charge < -0.3 is 24.4 Å². The van der Waals surface area contributed by atoms with Crippen LogP contribution in [0.1, 0.15) is 43.1 Å². The maximum atomic E-state index is 13.4.